The molecule has 15 heavy (non-hydrogen) atoms. The molecule has 0 spiro atoms. The van der Waals surface area contributed by atoms with Crippen LogP contribution in [0.15, 0.2) is 0 Å². The van der Waals surface area contributed by atoms with E-state index in [1.165, 1.54) is 6.42 Å². The molecule has 0 aliphatic heterocycles. The number of thioether (sulfide) groups is 1. The number of hydrogen-bond donors (Lipinski definition) is 0. The molecule has 0 fully saturated rings. The van der Waals surface area contributed by atoms with Crippen LogP contribution in [0.5, 0.6) is 0 Å². The zero-order valence-corrected chi connectivity index (χ0v) is 11.2. The van der Waals surface area contributed by atoms with Crippen molar-refractivity contribution in [1.29, 1.82) is 0 Å². The Balaban J connectivity index is 3.24. The summed E-state index contributed by atoms with van der Waals surface area (Å²) in [7, 11) is 0. The molecular formula is C12H24O2S. The highest BCUT2D eigenvalue weighted by Gasteiger charge is 2.04. The van der Waals surface area contributed by atoms with Crippen LogP contribution in [0.4, 0.5) is 0 Å². The lowest BCUT2D eigenvalue weighted by Gasteiger charge is -2.07. The summed E-state index contributed by atoms with van der Waals surface area (Å²) < 4.78 is 5.08. The van der Waals surface area contributed by atoms with Crippen LogP contribution in [0.1, 0.15) is 40.5 Å². The smallest absolute Gasteiger partial charge is 0.306 e. The predicted molar refractivity (Wildman–Crippen MR) is 67.2 cm³/mol. The third-order valence-corrected chi connectivity index (χ3v) is 2.88. The van der Waals surface area contributed by atoms with Crippen LogP contribution in [0.2, 0.25) is 0 Å². The van der Waals surface area contributed by atoms with Gasteiger partial charge in [-0.1, -0.05) is 27.7 Å². The summed E-state index contributed by atoms with van der Waals surface area (Å²) in [6.45, 7) is 9.08. The molecule has 90 valence electrons. The van der Waals surface area contributed by atoms with Gasteiger partial charge in [-0.2, -0.15) is 11.8 Å². The lowest BCUT2D eigenvalue weighted by molar-refractivity contribution is -0.144. The molecule has 0 amide bonds. The Bertz CT molecular complexity index is 167. The minimum Gasteiger partial charge on any atom is -0.465 e. The minimum absolute atomic E-state index is 0.0549. The first-order valence-electron chi connectivity index (χ1n) is 5.75. The quantitative estimate of drug-likeness (QED) is 0.474. The Morgan fingerprint density at radius 2 is 1.80 bits per heavy atom. The third kappa shape index (κ3) is 11.7. The largest absolute Gasteiger partial charge is 0.465 e. The summed E-state index contributed by atoms with van der Waals surface area (Å²) in [4.78, 5) is 11.2. The molecular weight excluding hydrogens is 208 g/mol. The summed E-state index contributed by atoms with van der Waals surface area (Å²) in [5.74, 6) is 3.17. The van der Waals surface area contributed by atoms with Crippen molar-refractivity contribution in [2.45, 2.75) is 40.5 Å². The molecule has 0 saturated heterocycles. The summed E-state index contributed by atoms with van der Waals surface area (Å²) in [6.07, 6.45) is 1.78. The van der Waals surface area contributed by atoms with Gasteiger partial charge in [-0.3, -0.25) is 4.79 Å². The number of carbonyl (C=O) groups excluding carboxylic acids is 1. The maximum absolute atomic E-state index is 11.2. The maximum Gasteiger partial charge on any atom is 0.306 e. The van der Waals surface area contributed by atoms with Crippen molar-refractivity contribution in [2.75, 3.05) is 18.1 Å². The molecule has 0 aromatic heterocycles. The minimum atomic E-state index is -0.0549. The van der Waals surface area contributed by atoms with E-state index in [1.807, 2.05) is 25.6 Å². The van der Waals surface area contributed by atoms with Crippen molar-refractivity contribution in [3.63, 3.8) is 0 Å². The van der Waals surface area contributed by atoms with Crippen molar-refractivity contribution in [1.82, 2.24) is 0 Å². The van der Waals surface area contributed by atoms with Gasteiger partial charge in [0.25, 0.3) is 0 Å². The van der Waals surface area contributed by atoms with E-state index in [0.29, 0.717) is 18.9 Å². The topological polar surface area (TPSA) is 26.3 Å². The highest BCUT2D eigenvalue weighted by molar-refractivity contribution is 7.99. The molecule has 0 unspecified atom stereocenters. The molecule has 0 aliphatic carbocycles. The fourth-order valence-electron chi connectivity index (χ4n) is 0.908. The second kappa shape index (κ2) is 9.08. The Kier molecular flexibility index (Phi) is 8.97. The van der Waals surface area contributed by atoms with E-state index >= 15 is 0 Å². The van der Waals surface area contributed by atoms with Crippen LogP contribution < -0.4 is 0 Å². The summed E-state index contributed by atoms with van der Waals surface area (Å²) in [6, 6.07) is 0. The molecule has 0 aromatic carbocycles. The van der Waals surface area contributed by atoms with Gasteiger partial charge < -0.3 is 4.74 Å². The molecule has 3 heteroatoms. The first-order chi connectivity index (χ1) is 7.02. The lowest BCUT2D eigenvalue weighted by Crippen LogP contribution is -2.10. The standard InChI is InChI=1S/C12H24O2S/c1-10(2)5-7-15-8-6-12(13)14-9-11(3)4/h10-11H,5-9H2,1-4H3. The SMILES string of the molecule is CC(C)CCSCCC(=O)OCC(C)C. The van der Waals surface area contributed by atoms with Gasteiger partial charge in [-0.05, 0) is 24.0 Å². The van der Waals surface area contributed by atoms with Gasteiger partial charge in [0, 0.05) is 5.75 Å². The Morgan fingerprint density at radius 1 is 1.13 bits per heavy atom. The van der Waals surface area contributed by atoms with Crippen LogP contribution in [-0.4, -0.2) is 24.1 Å². The molecule has 0 bridgehead atoms. The van der Waals surface area contributed by atoms with Crippen LogP contribution in [-0.2, 0) is 9.53 Å². The van der Waals surface area contributed by atoms with Crippen molar-refractivity contribution in [2.24, 2.45) is 11.8 Å². The molecule has 0 atom stereocenters. The van der Waals surface area contributed by atoms with Crippen molar-refractivity contribution in [3.05, 3.63) is 0 Å². The van der Waals surface area contributed by atoms with E-state index in [4.69, 9.17) is 4.74 Å². The summed E-state index contributed by atoms with van der Waals surface area (Å²) >= 11 is 1.84. The number of carbonyl (C=O) groups is 1. The predicted octanol–water partition coefficient (Wildman–Crippen LogP) is 3.36. The van der Waals surface area contributed by atoms with Gasteiger partial charge in [-0.25, -0.2) is 0 Å². The average Bonchev–Trinajstić information content (AvgIpc) is 2.13. The molecule has 0 heterocycles. The van der Waals surface area contributed by atoms with Crippen LogP contribution >= 0.6 is 11.8 Å². The summed E-state index contributed by atoms with van der Waals surface area (Å²) in [5.41, 5.74) is 0. The van der Waals surface area contributed by atoms with Crippen molar-refractivity contribution >= 4 is 17.7 Å². The molecule has 2 nitrogen and oxygen atoms in total. The number of ether oxygens (including phenoxy) is 1. The molecule has 0 rings (SSSR count). The van der Waals surface area contributed by atoms with E-state index < -0.39 is 0 Å². The van der Waals surface area contributed by atoms with E-state index in [9.17, 15) is 4.79 Å². The Labute approximate surface area is 98.2 Å². The number of hydrogen-bond acceptors (Lipinski definition) is 3. The Morgan fingerprint density at radius 3 is 2.33 bits per heavy atom. The van der Waals surface area contributed by atoms with Gasteiger partial charge in [0.05, 0.1) is 13.0 Å². The van der Waals surface area contributed by atoms with E-state index in [2.05, 4.69) is 13.8 Å². The zero-order chi connectivity index (χ0) is 11.7. The fraction of sp³-hybridized carbons (Fsp3) is 0.917. The lowest BCUT2D eigenvalue weighted by atomic mass is 10.2. The van der Waals surface area contributed by atoms with E-state index in [-0.39, 0.29) is 5.97 Å². The van der Waals surface area contributed by atoms with Gasteiger partial charge in [0.1, 0.15) is 0 Å². The normalized spacial score (nSPS) is 11.1. The van der Waals surface area contributed by atoms with Crippen LogP contribution in [0.25, 0.3) is 0 Å². The monoisotopic (exact) mass is 232 g/mol. The van der Waals surface area contributed by atoms with E-state index in [1.54, 1.807) is 0 Å². The van der Waals surface area contributed by atoms with Crippen molar-refractivity contribution in [3.8, 4) is 0 Å². The van der Waals surface area contributed by atoms with Gasteiger partial charge in [-0.15, -0.1) is 0 Å². The molecule has 0 saturated carbocycles. The van der Waals surface area contributed by atoms with Gasteiger partial charge in [0.15, 0.2) is 0 Å². The highest BCUT2D eigenvalue weighted by atomic mass is 32.2. The second-order valence-corrected chi connectivity index (χ2v) is 5.85. The molecule has 0 N–H and O–H groups in total. The molecule has 0 aromatic rings. The first kappa shape index (κ1) is 14.8. The third-order valence-electron chi connectivity index (χ3n) is 1.87. The van der Waals surface area contributed by atoms with Gasteiger partial charge >= 0.3 is 5.97 Å². The Hall–Kier alpha value is -0.180. The average molecular weight is 232 g/mol. The summed E-state index contributed by atoms with van der Waals surface area (Å²) in [5, 5.41) is 0. The maximum atomic E-state index is 11.2. The zero-order valence-electron chi connectivity index (χ0n) is 10.4. The number of esters is 1. The van der Waals surface area contributed by atoms with Crippen LogP contribution in [0, 0.1) is 11.8 Å². The molecule has 0 aliphatic rings. The number of rotatable bonds is 8. The second-order valence-electron chi connectivity index (χ2n) is 4.62. The van der Waals surface area contributed by atoms with Crippen LogP contribution in [0.3, 0.4) is 0 Å². The van der Waals surface area contributed by atoms with E-state index in [0.717, 1.165) is 17.4 Å². The van der Waals surface area contributed by atoms with Crippen molar-refractivity contribution < 1.29 is 9.53 Å². The molecule has 0 radical (unpaired) electrons. The fourth-order valence-corrected chi connectivity index (χ4v) is 2.06. The van der Waals surface area contributed by atoms with Gasteiger partial charge in [0.2, 0.25) is 0 Å². The highest BCUT2D eigenvalue weighted by Crippen LogP contribution is 2.10. The first-order valence-corrected chi connectivity index (χ1v) is 6.91.